The number of anilines is 1. The van der Waals surface area contributed by atoms with E-state index < -0.39 is 0 Å². The van der Waals surface area contributed by atoms with Gasteiger partial charge in [0.15, 0.2) is 10.3 Å². The van der Waals surface area contributed by atoms with Crippen molar-refractivity contribution in [3.05, 3.63) is 65.1 Å². The van der Waals surface area contributed by atoms with Gasteiger partial charge in [0.25, 0.3) is 0 Å². The Morgan fingerprint density at radius 3 is 2.93 bits per heavy atom. The van der Waals surface area contributed by atoms with Gasteiger partial charge in [0.05, 0.1) is 16.0 Å². The molecule has 0 aliphatic carbocycles. The Hall–Kier alpha value is -2.49. The maximum absolute atomic E-state index is 12.4. The molecule has 0 unspecified atom stereocenters. The molecule has 1 aromatic carbocycles. The standard InChI is InChI=1S/C19H17N5OS3/c1-2-9-24-16(11-13-6-5-10-26-13)22-23-19(24)27-12-17(25)21-18-20-14-7-3-4-8-15(14)28-18/h2-8,10H,1,9,11-12H2,(H,20,21,25). The van der Waals surface area contributed by atoms with Gasteiger partial charge >= 0.3 is 0 Å². The molecule has 3 aromatic heterocycles. The fourth-order valence-corrected chi connectivity index (χ4v) is 5.00. The third-order valence-electron chi connectivity index (χ3n) is 3.89. The predicted octanol–water partition coefficient (Wildman–Crippen LogP) is 4.46. The fourth-order valence-electron chi connectivity index (χ4n) is 2.65. The summed E-state index contributed by atoms with van der Waals surface area (Å²) in [6.45, 7) is 4.42. The largest absolute Gasteiger partial charge is 0.302 e. The van der Waals surface area contributed by atoms with Crippen molar-refractivity contribution in [2.45, 2.75) is 18.1 Å². The molecule has 0 spiro atoms. The lowest BCUT2D eigenvalue weighted by Crippen LogP contribution is -2.14. The summed E-state index contributed by atoms with van der Waals surface area (Å²) in [4.78, 5) is 18.0. The SMILES string of the molecule is C=CCn1c(Cc2cccs2)nnc1SCC(=O)Nc1nc2ccccc2s1. The molecule has 0 aliphatic rings. The van der Waals surface area contributed by atoms with Crippen LogP contribution in [-0.4, -0.2) is 31.4 Å². The van der Waals surface area contributed by atoms with Gasteiger partial charge in [-0.15, -0.1) is 28.1 Å². The normalized spacial score (nSPS) is 11.0. The molecule has 0 saturated carbocycles. The molecule has 0 aliphatic heterocycles. The zero-order valence-corrected chi connectivity index (χ0v) is 17.3. The van der Waals surface area contributed by atoms with Crippen LogP contribution in [0.3, 0.4) is 0 Å². The maximum atomic E-state index is 12.4. The monoisotopic (exact) mass is 427 g/mol. The molecule has 1 N–H and O–H groups in total. The van der Waals surface area contributed by atoms with Gasteiger partial charge in [-0.05, 0) is 23.6 Å². The first-order chi connectivity index (χ1) is 13.7. The summed E-state index contributed by atoms with van der Waals surface area (Å²) in [5.41, 5.74) is 0.888. The molecule has 0 saturated heterocycles. The Balaban J connectivity index is 1.41. The number of benzene rings is 1. The van der Waals surface area contributed by atoms with Gasteiger partial charge in [-0.2, -0.15) is 0 Å². The lowest BCUT2D eigenvalue weighted by Gasteiger charge is -2.07. The van der Waals surface area contributed by atoms with Crippen LogP contribution in [0, 0.1) is 0 Å². The highest BCUT2D eigenvalue weighted by atomic mass is 32.2. The molecule has 3 heterocycles. The molecule has 142 valence electrons. The summed E-state index contributed by atoms with van der Waals surface area (Å²) in [6.07, 6.45) is 2.53. The number of nitrogens with zero attached hydrogens (tertiary/aromatic N) is 4. The van der Waals surface area contributed by atoms with E-state index in [1.807, 2.05) is 46.4 Å². The van der Waals surface area contributed by atoms with Gasteiger partial charge in [-0.3, -0.25) is 4.79 Å². The number of nitrogens with one attached hydrogen (secondary N) is 1. The summed E-state index contributed by atoms with van der Waals surface area (Å²) < 4.78 is 3.05. The lowest BCUT2D eigenvalue weighted by molar-refractivity contribution is -0.113. The number of thiophene rings is 1. The van der Waals surface area contributed by atoms with Gasteiger partial charge in [0.1, 0.15) is 5.82 Å². The summed E-state index contributed by atoms with van der Waals surface area (Å²) in [5.74, 6) is 0.998. The Morgan fingerprint density at radius 1 is 1.25 bits per heavy atom. The average molecular weight is 428 g/mol. The van der Waals surface area contributed by atoms with Gasteiger partial charge in [-0.1, -0.05) is 47.4 Å². The number of carbonyl (C=O) groups excluding carboxylic acids is 1. The topological polar surface area (TPSA) is 72.7 Å². The van der Waals surface area contributed by atoms with E-state index in [0.717, 1.165) is 22.5 Å². The number of amides is 1. The summed E-state index contributed by atoms with van der Waals surface area (Å²) in [7, 11) is 0. The second kappa shape index (κ2) is 8.68. The number of carbonyl (C=O) groups is 1. The molecule has 0 bridgehead atoms. The number of hydrogen-bond acceptors (Lipinski definition) is 7. The Labute approximate surface area is 174 Å². The Bertz CT molecular complexity index is 1070. The van der Waals surface area contributed by atoms with Crippen molar-refractivity contribution in [1.82, 2.24) is 19.7 Å². The molecule has 0 fully saturated rings. The van der Waals surface area contributed by atoms with E-state index in [9.17, 15) is 4.79 Å². The van der Waals surface area contributed by atoms with E-state index in [-0.39, 0.29) is 11.7 Å². The number of thiazole rings is 1. The van der Waals surface area contributed by atoms with Gasteiger partial charge in [-0.25, -0.2) is 4.98 Å². The van der Waals surface area contributed by atoms with Crippen LogP contribution in [0.2, 0.25) is 0 Å². The number of hydrogen-bond donors (Lipinski definition) is 1. The number of fused-ring (bicyclic) bond motifs is 1. The Kier molecular flexibility index (Phi) is 5.84. The second-order valence-electron chi connectivity index (χ2n) is 5.88. The maximum Gasteiger partial charge on any atom is 0.236 e. The van der Waals surface area contributed by atoms with Crippen LogP contribution in [-0.2, 0) is 17.8 Å². The molecule has 28 heavy (non-hydrogen) atoms. The smallest absolute Gasteiger partial charge is 0.236 e. The zero-order chi connectivity index (χ0) is 19.3. The van der Waals surface area contributed by atoms with Crippen molar-refractivity contribution in [3.8, 4) is 0 Å². The number of allylic oxidation sites excluding steroid dienone is 1. The van der Waals surface area contributed by atoms with E-state index >= 15 is 0 Å². The highest BCUT2D eigenvalue weighted by Crippen LogP contribution is 2.26. The lowest BCUT2D eigenvalue weighted by atomic mass is 10.3. The summed E-state index contributed by atoms with van der Waals surface area (Å²) >= 11 is 4.52. The van der Waals surface area contributed by atoms with Crippen LogP contribution in [0.25, 0.3) is 10.2 Å². The highest BCUT2D eigenvalue weighted by molar-refractivity contribution is 7.99. The number of para-hydroxylation sites is 1. The minimum absolute atomic E-state index is 0.114. The van der Waals surface area contributed by atoms with E-state index in [1.165, 1.54) is 28.0 Å². The van der Waals surface area contributed by atoms with Gasteiger partial charge < -0.3 is 9.88 Å². The van der Waals surface area contributed by atoms with Crippen LogP contribution in [0.1, 0.15) is 10.7 Å². The predicted molar refractivity (Wildman–Crippen MR) is 116 cm³/mol. The quantitative estimate of drug-likeness (QED) is 0.332. The molecule has 9 heteroatoms. The molecule has 0 radical (unpaired) electrons. The molecule has 1 amide bonds. The third-order valence-corrected chi connectivity index (χ3v) is 6.69. The first kappa shape index (κ1) is 18.9. The zero-order valence-electron chi connectivity index (χ0n) is 14.9. The van der Waals surface area contributed by atoms with Crippen molar-refractivity contribution in [2.75, 3.05) is 11.1 Å². The molecule has 0 atom stereocenters. The average Bonchev–Trinajstić information content (AvgIpc) is 3.41. The van der Waals surface area contributed by atoms with Crippen LogP contribution in [0.5, 0.6) is 0 Å². The van der Waals surface area contributed by atoms with Crippen molar-refractivity contribution >= 4 is 55.7 Å². The van der Waals surface area contributed by atoms with Crippen molar-refractivity contribution < 1.29 is 4.79 Å². The minimum atomic E-state index is -0.114. The van der Waals surface area contributed by atoms with Crippen molar-refractivity contribution in [2.24, 2.45) is 0 Å². The van der Waals surface area contributed by atoms with Crippen LogP contribution < -0.4 is 5.32 Å². The summed E-state index contributed by atoms with van der Waals surface area (Å²) in [5, 5.41) is 14.8. The first-order valence-electron chi connectivity index (χ1n) is 8.56. The molecular weight excluding hydrogens is 410 g/mol. The minimum Gasteiger partial charge on any atom is -0.302 e. The third kappa shape index (κ3) is 4.32. The van der Waals surface area contributed by atoms with Crippen LogP contribution in [0.4, 0.5) is 5.13 Å². The molecule has 6 nitrogen and oxygen atoms in total. The summed E-state index contributed by atoms with van der Waals surface area (Å²) in [6, 6.07) is 11.9. The van der Waals surface area contributed by atoms with E-state index in [1.54, 1.807) is 11.3 Å². The van der Waals surface area contributed by atoms with Crippen LogP contribution in [0.15, 0.2) is 59.6 Å². The van der Waals surface area contributed by atoms with Gasteiger partial charge in [0, 0.05) is 17.8 Å². The molecule has 4 rings (SSSR count). The van der Waals surface area contributed by atoms with E-state index in [2.05, 4.69) is 33.1 Å². The van der Waals surface area contributed by atoms with Crippen LogP contribution >= 0.6 is 34.4 Å². The molecule has 4 aromatic rings. The highest BCUT2D eigenvalue weighted by Gasteiger charge is 2.15. The fraction of sp³-hybridized carbons (Fsp3) is 0.158. The van der Waals surface area contributed by atoms with E-state index in [0.29, 0.717) is 16.8 Å². The van der Waals surface area contributed by atoms with Crippen molar-refractivity contribution in [3.63, 3.8) is 0 Å². The molecular formula is C19H17N5OS3. The van der Waals surface area contributed by atoms with Gasteiger partial charge in [0.2, 0.25) is 5.91 Å². The number of rotatable bonds is 8. The van der Waals surface area contributed by atoms with E-state index in [4.69, 9.17) is 0 Å². The first-order valence-corrected chi connectivity index (χ1v) is 11.2. The van der Waals surface area contributed by atoms with Crippen molar-refractivity contribution in [1.29, 1.82) is 0 Å². The Morgan fingerprint density at radius 2 is 2.14 bits per heavy atom. The number of thioether (sulfide) groups is 1. The second-order valence-corrected chi connectivity index (χ2v) is 8.88. The number of aromatic nitrogens is 4.